The van der Waals surface area contributed by atoms with Gasteiger partial charge in [0, 0.05) is 16.2 Å². The first-order valence-electron chi connectivity index (χ1n) is 9.22. The standard InChI is InChI=1S/C18H19N5OS3/c1-9-22-23-18(26-9)19-13(24)8-25-16-14-11-4-2-3-5-12(11)27-17(14)21-15(20-16)10-6-7-10/h10H,2-8H2,1H3,(H,19,23,24). The Kier molecular flexibility index (Phi) is 4.61. The number of hydrogen-bond donors (Lipinski definition) is 1. The SMILES string of the molecule is Cc1nnc(NC(=O)CSc2nc(C3CC3)nc3sc4c(c23)CCCC4)s1. The summed E-state index contributed by atoms with van der Waals surface area (Å²) >= 11 is 4.74. The monoisotopic (exact) mass is 417 g/mol. The average Bonchev–Trinajstić information content (AvgIpc) is 3.33. The van der Waals surface area contributed by atoms with Crippen molar-refractivity contribution in [2.24, 2.45) is 0 Å². The number of hydrogen-bond acceptors (Lipinski definition) is 8. The van der Waals surface area contributed by atoms with Crippen molar-refractivity contribution in [2.45, 2.75) is 56.4 Å². The summed E-state index contributed by atoms with van der Waals surface area (Å²) in [4.78, 5) is 24.7. The first kappa shape index (κ1) is 17.5. The van der Waals surface area contributed by atoms with Gasteiger partial charge in [0.15, 0.2) is 0 Å². The van der Waals surface area contributed by atoms with Crippen LogP contribution in [0.25, 0.3) is 10.2 Å². The number of nitrogens with one attached hydrogen (secondary N) is 1. The fourth-order valence-electron chi connectivity index (χ4n) is 3.40. The van der Waals surface area contributed by atoms with Crippen molar-refractivity contribution in [1.29, 1.82) is 0 Å². The molecule has 1 N–H and O–H groups in total. The van der Waals surface area contributed by atoms with Crippen LogP contribution in [-0.2, 0) is 17.6 Å². The molecule has 3 heterocycles. The number of amides is 1. The minimum absolute atomic E-state index is 0.0695. The van der Waals surface area contributed by atoms with Gasteiger partial charge in [0.2, 0.25) is 11.0 Å². The number of nitrogens with zero attached hydrogens (tertiary/aromatic N) is 4. The number of aryl methyl sites for hydroxylation is 3. The van der Waals surface area contributed by atoms with E-state index in [1.54, 1.807) is 0 Å². The number of carbonyl (C=O) groups is 1. The maximum atomic E-state index is 12.4. The van der Waals surface area contributed by atoms with Crippen LogP contribution < -0.4 is 5.32 Å². The van der Waals surface area contributed by atoms with Crippen molar-refractivity contribution in [1.82, 2.24) is 20.2 Å². The summed E-state index contributed by atoms with van der Waals surface area (Å²) in [6.45, 7) is 1.87. The highest BCUT2D eigenvalue weighted by Gasteiger charge is 2.29. The zero-order chi connectivity index (χ0) is 18.4. The van der Waals surface area contributed by atoms with Crippen molar-refractivity contribution in [2.75, 3.05) is 11.1 Å². The van der Waals surface area contributed by atoms with E-state index in [1.807, 2.05) is 18.3 Å². The van der Waals surface area contributed by atoms with Gasteiger partial charge in [-0.25, -0.2) is 9.97 Å². The van der Waals surface area contributed by atoms with Crippen molar-refractivity contribution in [3.63, 3.8) is 0 Å². The summed E-state index contributed by atoms with van der Waals surface area (Å²) < 4.78 is 0. The highest BCUT2D eigenvalue weighted by Crippen LogP contribution is 2.43. The number of fused-ring (bicyclic) bond motifs is 3. The Balaban J connectivity index is 1.42. The molecule has 0 unspecified atom stereocenters. The van der Waals surface area contributed by atoms with Crippen molar-refractivity contribution in [3.05, 3.63) is 21.3 Å². The number of anilines is 1. The molecule has 3 aromatic heterocycles. The van der Waals surface area contributed by atoms with Gasteiger partial charge in [0.1, 0.15) is 20.7 Å². The molecule has 1 fully saturated rings. The van der Waals surface area contributed by atoms with Gasteiger partial charge in [-0.15, -0.1) is 21.5 Å². The molecule has 0 radical (unpaired) electrons. The zero-order valence-corrected chi connectivity index (χ0v) is 17.4. The van der Waals surface area contributed by atoms with E-state index in [1.165, 1.54) is 64.6 Å². The summed E-state index contributed by atoms with van der Waals surface area (Å²) in [5.41, 5.74) is 1.42. The van der Waals surface area contributed by atoms with Gasteiger partial charge in [-0.2, -0.15) is 0 Å². The van der Waals surface area contributed by atoms with E-state index in [4.69, 9.17) is 9.97 Å². The molecule has 3 aromatic rings. The van der Waals surface area contributed by atoms with Crippen LogP contribution in [0.15, 0.2) is 5.03 Å². The summed E-state index contributed by atoms with van der Waals surface area (Å²) in [5, 5.41) is 14.3. The molecule has 27 heavy (non-hydrogen) atoms. The van der Waals surface area contributed by atoms with Crippen LogP contribution in [0, 0.1) is 6.92 Å². The fourth-order valence-corrected chi connectivity index (χ4v) is 6.21. The Morgan fingerprint density at radius 3 is 2.81 bits per heavy atom. The second-order valence-electron chi connectivity index (χ2n) is 7.02. The molecule has 6 nitrogen and oxygen atoms in total. The van der Waals surface area contributed by atoms with Crippen LogP contribution >= 0.6 is 34.4 Å². The van der Waals surface area contributed by atoms with E-state index in [9.17, 15) is 4.79 Å². The minimum atomic E-state index is -0.0695. The third-order valence-corrected chi connectivity index (χ3v) is 7.77. The molecule has 1 amide bonds. The molecule has 0 atom stereocenters. The summed E-state index contributed by atoms with van der Waals surface area (Å²) in [6.07, 6.45) is 7.09. The molecule has 0 saturated heterocycles. The van der Waals surface area contributed by atoms with E-state index in [0.29, 0.717) is 16.8 Å². The molecule has 0 spiro atoms. The highest BCUT2D eigenvalue weighted by molar-refractivity contribution is 8.00. The summed E-state index contributed by atoms with van der Waals surface area (Å²) in [7, 11) is 0. The van der Waals surface area contributed by atoms with Gasteiger partial charge in [0.25, 0.3) is 0 Å². The lowest BCUT2D eigenvalue weighted by Gasteiger charge is -2.12. The van der Waals surface area contributed by atoms with E-state index in [0.717, 1.165) is 33.5 Å². The molecule has 0 bridgehead atoms. The quantitative estimate of drug-likeness (QED) is 0.491. The third-order valence-electron chi connectivity index (χ3n) is 4.85. The van der Waals surface area contributed by atoms with Crippen molar-refractivity contribution in [3.8, 4) is 0 Å². The van der Waals surface area contributed by atoms with Gasteiger partial charge < -0.3 is 0 Å². The lowest BCUT2D eigenvalue weighted by Crippen LogP contribution is -2.14. The molecular formula is C18H19N5OS3. The van der Waals surface area contributed by atoms with Gasteiger partial charge in [-0.1, -0.05) is 23.1 Å². The van der Waals surface area contributed by atoms with Crippen LogP contribution in [0.1, 0.15) is 52.9 Å². The first-order chi connectivity index (χ1) is 13.2. The predicted octanol–water partition coefficient (Wildman–Crippen LogP) is 4.34. The van der Waals surface area contributed by atoms with E-state index < -0.39 is 0 Å². The average molecular weight is 418 g/mol. The van der Waals surface area contributed by atoms with Gasteiger partial charge in [-0.05, 0) is 51.0 Å². The number of carbonyl (C=O) groups excluding carboxylic acids is 1. The summed E-state index contributed by atoms with van der Waals surface area (Å²) in [5.74, 6) is 1.72. The zero-order valence-electron chi connectivity index (χ0n) is 14.9. The largest absolute Gasteiger partial charge is 0.300 e. The Morgan fingerprint density at radius 2 is 2.04 bits per heavy atom. The van der Waals surface area contributed by atoms with E-state index >= 15 is 0 Å². The topological polar surface area (TPSA) is 80.7 Å². The van der Waals surface area contributed by atoms with E-state index in [-0.39, 0.29) is 5.91 Å². The number of rotatable bonds is 5. The van der Waals surface area contributed by atoms with E-state index in [2.05, 4.69) is 15.5 Å². The van der Waals surface area contributed by atoms with Gasteiger partial charge >= 0.3 is 0 Å². The van der Waals surface area contributed by atoms with Crippen LogP contribution in [-0.4, -0.2) is 31.8 Å². The lowest BCUT2D eigenvalue weighted by atomic mass is 9.97. The Morgan fingerprint density at radius 1 is 1.19 bits per heavy atom. The summed E-state index contributed by atoms with van der Waals surface area (Å²) in [6, 6.07) is 0. The van der Waals surface area contributed by atoms with Gasteiger partial charge in [0.05, 0.1) is 5.75 Å². The maximum absolute atomic E-state index is 12.4. The molecule has 2 aliphatic carbocycles. The first-order valence-corrected chi connectivity index (χ1v) is 11.8. The molecule has 5 rings (SSSR count). The van der Waals surface area contributed by atoms with Crippen LogP contribution in [0.2, 0.25) is 0 Å². The molecule has 140 valence electrons. The molecule has 9 heteroatoms. The van der Waals surface area contributed by atoms with Crippen molar-refractivity contribution >= 4 is 55.7 Å². The van der Waals surface area contributed by atoms with Crippen LogP contribution in [0.5, 0.6) is 0 Å². The maximum Gasteiger partial charge on any atom is 0.236 e. The lowest BCUT2D eigenvalue weighted by molar-refractivity contribution is -0.113. The number of aromatic nitrogens is 4. The Bertz CT molecular complexity index is 1020. The third kappa shape index (κ3) is 3.60. The second-order valence-corrected chi connectivity index (χ2v) is 10.2. The Labute approximate surface area is 169 Å². The molecule has 0 aromatic carbocycles. The molecular weight excluding hydrogens is 398 g/mol. The highest BCUT2D eigenvalue weighted by atomic mass is 32.2. The van der Waals surface area contributed by atoms with Crippen molar-refractivity contribution < 1.29 is 4.79 Å². The van der Waals surface area contributed by atoms with Gasteiger partial charge in [-0.3, -0.25) is 10.1 Å². The van der Waals surface area contributed by atoms with Crippen LogP contribution in [0.3, 0.4) is 0 Å². The Hall–Kier alpha value is -1.58. The van der Waals surface area contributed by atoms with Crippen LogP contribution in [0.4, 0.5) is 5.13 Å². The predicted molar refractivity (Wildman–Crippen MR) is 110 cm³/mol. The molecule has 1 saturated carbocycles. The normalized spacial score (nSPS) is 16.5. The number of thioether (sulfide) groups is 1. The number of thiophene rings is 1. The second kappa shape index (κ2) is 7.10. The fraction of sp³-hybridized carbons (Fsp3) is 0.500. The molecule has 0 aliphatic heterocycles. The minimum Gasteiger partial charge on any atom is -0.300 e. The smallest absolute Gasteiger partial charge is 0.236 e. The molecule has 2 aliphatic rings.